The molecular weight excluding hydrogens is 246 g/mol. The van der Waals surface area contributed by atoms with Gasteiger partial charge in [-0.1, -0.05) is 51.0 Å². The first-order chi connectivity index (χ1) is 9.68. The molecule has 3 rings (SSSR count). The van der Waals surface area contributed by atoms with E-state index in [2.05, 4.69) is 36.6 Å². The van der Waals surface area contributed by atoms with Crippen LogP contribution in [0.3, 0.4) is 0 Å². The van der Waals surface area contributed by atoms with E-state index in [1.54, 1.807) is 0 Å². The number of carbonyl (C=O) groups excluding carboxylic acids is 1. The van der Waals surface area contributed by atoms with E-state index in [1.165, 1.54) is 30.9 Å². The van der Waals surface area contributed by atoms with Gasteiger partial charge < -0.3 is 4.90 Å². The minimum atomic E-state index is 0.0251. The second-order valence-electron chi connectivity index (χ2n) is 6.33. The highest BCUT2D eigenvalue weighted by atomic mass is 16.2. The Labute approximate surface area is 121 Å². The van der Waals surface area contributed by atoms with Gasteiger partial charge in [0, 0.05) is 11.2 Å². The highest BCUT2D eigenvalue weighted by molar-refractivity contribution is 6.03. The van der Waals surface area contributed by atoms with Crippen LogP contribution in [0.4, 0.5) is 5.69 Å². The molecule has 1 aliphatic carbocycles. The van der Waals surface area contributed by atoms with Gasteiger partial charge in [0.15, 0.2) is 0 Å². The number of para-hydroxylation sites is 1. The summed E-state index contributed by atoms with van der Waals surface area (Å²) in [5.74, 6) is 0.587. The van der Waals surface area contributed by atoms with Crippen LogP contribution in [0.2, 0.25) is 0 Å². The molecule has 1 aromatic rings. The number of nitrogens with zero attached hydrogens (tertiary/aromatic N) is 1. The molecule has 0 aromatic heterocycles. The Morgan fingerprint density at radius 1 is 1.30 bits per heavy atom. The van der Waals surface area contributed by atoms with Crippen molar-refractivity contribution in [2.75, 3.05) is 4.90 Å². The highest BCUT2D eigenvalue weighted by Crippen LogP contribution is 2.49. The van der Waals surface area contributed by atoms with Crippen molar-refractivity contribution in [3.8, 4) is 0 Å². The summed E-state index contributed by atoms with van der Waals surface area (Å²) in [5.41, 5.74) is 2.44. The fourth-order valence-corrected chi connectivity index (χ4v) is 4.22. The highest BCUT2D eigenvalue weighted by Gasteiger charge is 2.45. The number of anilines is 1. The average Bonchev–Trinajstić information content (AvgIpc) is 2.48. The van der Waals surface area contributed by atoms with Crippen LogP contribution in [-0.4, -0.2) is 11.4 Å². The van der Waals surface area contributed by atoms with E-state index in [0.717, 1.165) is 24.9 Å². The largest absolute Gasteiger partial charge is 0.302 e. The number of fused-ring (bicyclic) bond motifs is 1. The third-order valence-corrected chi connectivity index (χ3v) is 5.05. The third kappa shape index (κ3) is 1.98. The maximum absolute atomic E-state index is 12.5. The van der Waals surface area contributed by atoms with E-state index in [1.807, 2.05) is 6.07 Å². The lowest BCUT2D eigenvalue weighted by Crippen LogP contribution is -2.56. The zero-order valence-electron chi connectivity index (χ0n) is 12.3. The number of amides is 1. The summed E-state index contributed by atoms with van der Waals surface area (Å²) in [6.45, 7) is 6.01. The lowest BCUT2D eigenvalue weighted by atomic mass is 9.70. The van der Waals surface area contributed by atoms with Crippen LogP contribution >= 0.6 is 0 Å². The molecule has 1 saturated carbocycles. The molecule has 0 radical (unpaired) electrons. The standard InChI is InChI=1S/C18H23NO/c1-3-17(20)19-16-10-6-5-9-15(16)14(2)13-18(19)11-7-4-8-12-18/h3,5-6,9-10,14H,1,4,7-8,11-13H2,2H3. The molecule has 0 bridgehead atoms. The molecule has 1 heterocycles. The van der Waals surface area contributed by atoms with Crippen LogP contribution in [0.15, 0.2) is 36.9 Å². The summed E-state index contributed by atoms with van der Waals surface area (Å²) in [4.78, 5) is 14.6. The summed E-state index contributed by atoms with van der Waals surface area (Å²) in [6, 6.07) is 8.38. The molecular formula is C18H23NO. The van der Waals surface area contributed by atoms with Gasteiger partial charge in [0.2, 0.25) is 0 Å². The Morgan fingerprint density at radius 3 is 2.70 bits per heavy atom. The number of benzene rings is 1. The summed E-state index contributed by atoms with van der Waals surface area (Å²) in [5, 5.41) is 0. The van der Waals surface area contributed by atoms with Crippen LogP contribution < -0.4 is 4.90 Å². The molecule has 0 N–H and O–H groups in total. The number of hydrogen-bond donors (Lipinski definition) is 0. The molecule has 106 valence electrons. The van der Waals surface area contributed by atoms with Gasteiger partial charge in [0.25, 0.3) is 5.91 Å². The molecule has 1 aliphatic heterocycles. The Bertz CT molecular complexity index is 528. The lowest BCUT2D eigenvalue weighted by Gasteiger charge is -2.51. The molecule has 1 fully saturated rings. The number of carbonyl (C=O) groups is 1. The molecule has 1 atom stereocenters. The van der Waals surface area contributed by atoms with Gasteiger partial charge in [-0.2, -0.15) is 0 Å². The maximum atomic E-state index is 12.5. The minimum Gasteiger partial charge on any atom is -0.302 e. The molecule has 2 aliphatic rings. The van der Waals surface area contributed by atoms with Crippen molar-refractivity contribution in [3.63, 3.8) is 0 Å². The van der Waals surface area contributed by atoms with Crippen molar-refractivity contribution in [1.29, 1.82) is 0 Å². The third-order valence-electron chi connectivity index (χ3n) is 5.05. The first-order valence-electron chi connectivity index (χ1n) is 7.73. The van der Waals surface area contributed by atoms with E-state index in [-0.39, 0.29) is 11.4 Å². The minimum absolute atomic E-state index is 0.0251. The molecule has 1 spiro atoms. The normalized spacial score (nSPS) is 24.2. The van der Waals surface area contributed by atoms with Crippen LogP contribution in [0.5, 0.6) is 0 Å². The van der Waals surface area contributed by atoms with Gasteiger partial charge in [-0.05, 0) is 42.9 Å². The second kappa shape index (κ2) is 5.08. The molecule has 1 unspecified atom stereocenters. The monoisotopic (exact) mass is 269 g/mol. The number of rotatable bonds is 1. The quantitative estimate of drug-likeness (QED) is 0.691. The van der Waals surface area contributed by atoms with Crippen molar-refractivity contribution >= 4 is 11.6 Å². The van der Waals surface area contributed by atoms with Crippen molar-refractivity contribution < 1.29 is 4.79 Å². The SMILES string of the molecule is C=CC(=O)N1c2ccccc2C(C)CC12CCCCC2. The number of hydrogen-bond acceptors (Lipinski definition) is 1. The van der Waals surface area contributed by atoms with Gasteiger partial charge in [-0.3, -0.25) is 4.79 Å². The topological polar surface area (TPSA) is 20.3 Å². The van der Waals surface area contributed by atoms with Crippen molar-refractivity contribution in [1.82, 2.24) is 0 Å². The van der Waals surface area contributed by atoms with Crippen molar-refractivity contribution in [3.05, 3.63) is 42.5 Å². The zero-order chi connectivity index (χ0) is 14.2. The Kier molecular flexibility index (Phi) is 3.41. The Morgan fingerprint density at radius 2 is 2.00 bits per heavy atom. The summed E-state index contributed by atoms with van der Waals surface area (Å²) >= 11 is 0. The first kappa shape index (κ1) is 13.4. The van der Waals surface area contributed by atoms with Crippen LogP contribution in [-0.2, 0) is 4.79 Å². The lowest BCUT2D eigenvalue weighted by molar-refractivity contribution is -0.115. The van der Waals surface area contributed by atoms with Gasteiger partial charge in [0.05, 0.1) is 0 Å². The average molecular weight is 269 g/mol. The predicted octanol–water partition coefficient (Wildman–Crippen LogP) is 4.42. The molecule has 1 amide bonds. The van der Waals surface area contributed by atoms with Gasteiger partial charge >= 0.3 is 0 Å². The van der Waals surface area contributed by atoms with Crippen LogP contribution in [0.1, 0.15) is 56.9 Å². The van der Waals surface area contributed by atoms with E-state index in [9.17, 15) is 4.79 Å². The van der Waals surface area contributed by atoms with Crippen molar-refractivity contribution in [2.45, 2.75) is 56.9 Å². The maximum Gasteiger partial charge on any atom is 0.250 e. The van der Waals surface area contributed by atoms with E-state index >= 15 is 0 Å². The van der Waals surface area contributed by atoms with Gasteiger partial charge in [-0.15, -0.1) is 0 Å². The molecule has 1 aromatic carbocycles. The van der Waals surface area contributed by atoms with Gasteiger partial charge in [0.1, 0.15) is 0 Å². The van der Waals surface area contributed by atoms with Crippen LogP contribution in [0.25, 0.3) is 0 Å². The second-order valence-corrected chi connectivity index (χ2v) is 6.33. The Balaban J connectivity index is 2.12. The fourth-order valence-electron chi connectivity index (χ4n) is 4.22. The van der Waals surface area contributed by atoms with Crippen LogP contribution in [0, 0.1) is 0 Å². The van der Waals surface area contributed by atoms with E-state index in [0.29, 0.717) is 5.92 Å². The Hall–Kier alpha value is -1.57. The van der Waals surface area contributed by atoms with E-state index < -0.39 is 0 Å². The molecule has 20 heavy (non-hydrogen) atoms. The predicted molar refractivity (Wildman–Crippen MR) is 83.0 cm³/mol. The molecule has 2 heteroatoms. The summed E-state index contributed by atoms with van der Waals surface area (Å²) in [6.07, 6.45) is 8.59. The molecule has 2 nitrogen and oxygen atoms in total. The van der Waals surface area contributed by atoms with Crippen molar-refractivity contribution in [2.24, 2.45) is 0 Å². The summed E-state index contributed by atoms with van der Waals surface area (Å²) in [7, 11) is 0. The van der Waals surface area contributed by atoms with Gasteiger partial charge in [-0.25, -0.2) is 0 Å². The van der Waals surface area contributed by atoms with E-state index in [4.69, 9.17) is 0 Å². The first-order valence-corrected chi connectivity index (χ1v) is 7.73. The summed E-state index contributed by atoms with van der Waals surface area (Å²) < 4.78 is 0. The zero-order valence-corrected chi connectivity index (χ0v) is 12.3. The smallest absolute Gasteiger partial charge is 0.250 e. The molecule has 0 saturated heterocycles. The fraction of sp³-hybridized carbons (Fsp3) is 0.500.